The van der Waals surface area contributed by atoms with Gasteiger partial charge in [-0.15, -0.1) is 11.3 Å². The smallest absolute Gasteiger partial charge is 0.0896 e. The molecular formula is C11H19NOS. The van der Waals surface area contributed by atoms with Crippen LogP contribution in [0, 0.1) is 12.3 Å². The summed E-state index contributed by atoms with van der Waals surface area (Å²) >= 11 is 1.72. The van der Waals surface area contributed by atoms with Crippen LogP contribution in [0.1, 0.15) is 37.1 Å². The van der Waals surface area contributed by atoms with Crippen LogP contribution in [0.15, 0.2) is 6.20 Å². The summed E-state index contributed by atoms with van der Waals surface area (Å²) in [6, 6.07) is 0. The summed E-state index contributed by atoms with van der Waals surface area (Å²) in [7, 11) is 0. The third kappa shape index (κ3) is 3.39. The Morgan fingerprint density at radius 1 is 1.50 bits per heavy atom. The van der Waals surface area contributed by atoms with Crippen LogP contribution in [-0.4, -0.2) is 16.2 Å². The molecule has 1 aromatic heterocycles. The molecule has 1 unspecified atom stereocenters. The van der Waals surface area contributed by atoms with E-state index in [1.54, 1.807) is 11.3 Å². The lowest BCUT2D eigenvalue weighted by molar-refractivity contribution is 0.0561. The van der Waals surface area contributed by atoms with E-state index in [1.807, 2.05) is 13.1 Å². The molecule has 80 valence electrons. The first kappa shape index (κ1) is 11.7. The molecule has 0 aliphatic carbocycles. The molecule has 0 bridgehead atoms. The average Bonchev–Trinajstić information content (AvgIpc) is 2.45. The molecule has 1 rings (SSSR count). The molecule has 0 radical (unpaired) electrons. The number of nitrogens with zero attached hydrogens (tertiary/aromatic N) is 1. The van der Waals surface area contributed by atoms with Crippen molar-refractivity contribution in [3.8, 4) is 0 Å². The summed E-state index contributed by atoms with van der Waals surface area (Å²) < 4.78 is 0. The maximum Gasteiger partial charge on any atom is 0.0896 e. The van der Waals surface area contributed by atoms with Crippen molar-refractivity contribution in [2.24, 2.45) is 5.41 Å². The van der Waals surface area contributed by atoms with Gasteiger partial charge in [-0.05, 0) is 25.2 Å². The van der Waals surface area contributed by atoms with Gasteiger partial charge in [-0.3, -0.25) is 0 Å². The van der Waals surface area contributed by atoms with Crippen LogP contribution in [0.2, 0.25) is 0 Å². The Bertz CT molecular complexity index is 288. The second-order valence-corrected chi connectivity index (χ2v) is 6.09. The first-order valence-corrected chi connectivity index (χ1v) is 5.80. The molecule has 0 saturated heterocycles. The van der Waals surface area contributed by atoms with Gasteiger partial charge in [0.1, 0.15) is 0 Å². The van der Waals surface area contributed by atoms with Gasteiger partial charge in [0.05, 0.1) is 11.1 Å². The minimum Gasteiger partial charge on any atom is -0.393 e. The quantitative estimate of drug-likeness (QED) is 0.837. The molecule has 0 aliphatic heterocycles. The molecule has 1 heterocycles. The van der Waals surface area contributed by atoms with E-state index in [9.17, 15) is 5.11 Å². The fourth-order valence-electron chi connectivity index (χ4n) is 1.23. The van der Waals surface area contributed by atoms with Crippen molar-refractivity contribution < 1.29 is 5.11 Å². The molecular weight excluding hydrogens is 194 g/mol. The lowest BCUT2D eigenvalue weighted by atomic mass is 9.86. The maximum atomic E-state index is 9.84. The second-order valence-electron chi connectivity index (χ2n) is 4.77. The molecule has 1 aromatic rings. The Balaban J connectivity index is 2.41. The second kappa shape index (κ2) is 4.41. The minimum absolute atomic E-state index is 0.0142. The van der Waals surface area contributed by atoms with Crippen LogP contribution in [0.5, 0.6) is 0 Å². The highest BCUT2D eigenvalue weighted by Gasteiger charge is 2.21. The average molecular weight is 213 g/mol. The van der Waals surface area contributed by atoms with Gasteiger partial charge in [-0.25, -0.2) is 4.98 Å². The van der Waals surface area contributed by atoms with Crippen molar-refractivity contribution >= 4 is 11.3 Å². The third-order valence-corrected chi connectivity index (χ3v) is 3.31. The highest BCUT2D eigenvalue weighted by molar-refractivity contribution is 7.11. The summed E-state index contributed by atoms with van der Waals surface area (Å²) in [5.74, 6) is 0. The van der Waals surface area contributed by atoms with Gasteiger partial charge >= 0.3 is 0 Å². The molecule has 0 saturated carbocycles. The molecule has 0 fully saturated rings. The van der Waals surface area contributed by atoms with Crippen LogP contribution in [0.4, 0.5) is 0 Å². The first-order chi connectivity index (χ1) is 6.39. The van der Waals surface area contributed by atoms with E-state index < -0.39 is 0 Å². The fourth-order valence-corrected chi connectivity index (χ4v) is 2.04. The van der Waals surface area contributed by atoms with Gasteiger partial charge < -0.3 is 5.11 Å². The Labute approximate surface area is 90.0 Å². The number of thiazole rings is 1. The standard InChI is InChI=1S/C11H19NOS/c1-8-12-7-9(14-8)5-6-10(13)11(2,3)4/h7,10,13H,5-6H2,1-4H3. The molecule has 0 spiro atoms. The van der Waals surface area contributed by atoms with E-state index in [2.05, 4.69) is 25.8 Å². The summed E-state index contributed by atoms with van der Waals surface area (Å²) in [6.45, 7) is 8.20. The third-order valence-electron chi connectivity index (χ3n) is 2.33. The fraction of sp³-hybridized carbons (Fsp3) is 0.727. The molecule has 2 nitrogen and oxygen atoms in total. The summed E-state index contributed by atoms with van der Waals surface area (Å²) in [5.41, 5.74) is -0.0142. The number of aryl methyl sites for hydroxylation is 2. The molecule has 0 aliphatic rings. The molecule has 0 aromatic carbocycles. The normalized spacial score (nSPS) is 14.4. The number of rotatable bonds is 3. The predicted molar refractivity (Wildman–Crippen MR) is 60.6 cm³/mol. The van der Waals surface area contributed by atoms with E-state index in [4.69, 9.17) is 0 Å². The van der Waals surface area contributed by atoms with Crippen molar-refractivity contribution in [2.45, 2.75) is 46.6 Å². The molecule has 0 amide bonds. The van der Waals surface area contributed by atoms with Crippen LogP contribution in [0.25, 0.3) is 0 Å². The molecule has 14 heavy (non-hydrogen) atoms. The lowest BCUT2D eigenvalue weighted by Crippen LogP contribution is -2.26. The van der Waals surface area contributed by atoms with Crippen LogP contribution >= 0.6 is 11.3 Å². The number of aromatic nitrogens is 1. The summed E-state index contributed by atoms with van der Waals surface area (Å²) in [5, 5.41) is 10.9. The maximum absolute atomic E-state index is 9.84. The topological polar surface area (TPSA) is 33.1 Å². The number of aliphatic hydroxyl groups is 1. The van der Waals surface area contributed by atoms with Gasteiger partial charge in [0.2, 0.25) is 0 Å². The minimum atomic E-state index is -0.232. The number of hydrogen-bond donors (Lipinski definition) is 1. The van der Waals surface area contributed by atoms with Gasteiger partial charge in [0.15, 0.2) is 0 Å². The molecule has 1 N–H and O–H groups in total. The highest BCUT2D eigenvalue weighted by atomic mass is 32.1. The van der Waals surface area contributed by atoms with Crippen molar-refractivity contribution in [1.29, 1.82) is 0 Å². The van der Waals surface area contributed by atoms with E-state index in [-0.39, 0.29) is 11.5 Å². The van der Waals surface area contributed by atoms with Crippen molar-refractivity contribution in [3.05, 3.63) is 16.1 Å². The summed E-state index contributed by atoms with van der Waals surface area (Å²) in [4.78, 5) is 5.46. The SMILES string of the molecule is Cc1ncc(CCC(O)C(C)(C)C)s1. The van der Waals surface area contributed by atoms with Crippen molar-refractivity contribution in [3.63, 3.8) is 0 Å². The van der Waals surface area contributed by atoms with E-state index in [0.29, 0.717) is 0 Å². The zero-order valence-corrected chi connectivity index (χ0v) is 10.2. The van der Waals surface area contributed by atoms with E-state index >= 15 is 0 Å². The predicted octanol–water partition coefficient (Wildman–Crippen LogP) is 2.79. The van der Waals surface area contributed by atoms with Crippen molar-refractivity contribution in [1.82, 2.24) is 4.98 Å². The van der Waals surface area contributed by atoms with Gasteiger partial charge in [-0.1, -0.05) is 20.8 Å². The van der Waals surface area contributed by atoms with E-state index in [0.717, 1.165) is 17.8 Å². The Hall–Kier alpha value is -0.410. The van der Waals surface area contributed by atoms with Crippen LogP contribution < -0.4 is 0 Å². The Morgan fingerprint density at radius 3 is 2.57 bits per heavy atom. The number of hydrogen-bond acceptors (Lipinski definition) is 3. The van der Waals surface area contributed by atoms with Crippen LogP contribution in [0.3, 0.4) is 0 Å². The largest absolute Gasteiger partial charge is 0.393 e. The van der Waals surface area contributed by atoms with Gasteiger partial charge in [0.25, 0.3) is 0 Å². The Morgan fingerprint density at radius 2 is 2.14 bits per heavy atom. The van der Waals surface area contributed by atoms with Crippen LogP contribution in [-0.2, 0) is 6.42 Å². The number of aliphatic hydroxyl groups excluding tert-OH is 1. The molecule has 3 heteroatoms. The van der Waals surface area contributed by atoms with E-state index in [1.165, 1.54) is 4.88 Å². The summed E-state index contributed by atoms with van der Waals surface area (Å²) in [6.07, 6.45) is 3.44. The monoisotopic (exact) mass is 213 g/mol. The van der Waals surface area contributed by atoms with Crippen molar-refractivity contribution in [2.75, 3.05) is 0 Å². The van der Waals surface area contributed by atoms with Gasteiger partial charge in [0, 0.05) is 11.1 Å². The lowest BCUT2D eigenvalue weighted by Gasteiger charge is -2.25. The Kier molecular flexibility index (Phi) is 3.67. The first-order valence-electron chi connectivity index (χ1n) is 4.99. The zero-order chi connectivity index (χ0) is 10.8. The molecule has 1 atom stereocenters. The highest BCUT2D eigenvalue weighted by Crippen LogP contribution is 2.24. The van der Waals surface area contributed by atoms with Gasteiger partial charge in [-0.2, -0.15) is 0 Å². The zero-order valence-electron chi connectivity index (χ0n) is 9.37.